The molecule has 100 valence electrons. The van der Waals surface area contributed by atoms with E-state index in [2.05, 4.69) is 43.3 Å². The maximum Gasteiger partial charge on any atom is 0.0477 e. The summed E-state index contributed by atoms with van der Waals surface area (Å²) in [6.07, 6.45) is 0.887. The maximum absolute atomic E-state index is 9.31. The molecule has 0 heterocycles. The van der Waals surface area contributed by atoms with Crippen LogP contribution in [0.4, 0.5) is 0 Å². The van der Waals surface area contributed by atoms with E-state index < -0.39 is 0 Å². The molecule has 3 N–H and O–H groups in total. The molecule has 0 aliphatic carbocycles. The number of benzene rings is 2. The van der Waals surface area contributed by atoms with Gasteiger partial charge in [-0.2, -0.15) is 0 Å². The quantitative estimate of drug-likeness (QED) is 0.860. The van der Waals surface area contributed by atoms with Crippen LogP contribution in [0, 0.1) is 5.92 Å². The van der Waals surface area contributed by atoms with Crippen molar-refractivity contribution in [1.82, 2.24) is 0 Å². The number of aliphatic hydroxyl groups excluding tert-OH is 1. The zero-order chi connectivity index (χ0) is 13.7. The molecule has 2 rings (SSSR count). The second-order valence-electron chi connectivity index (χ2n) is 4.86. The van der Waals surface area contributed by atoms with Crippen molar-refractivity contribution < 1.29 is 5.11 Å². The molecule has 19 heavy (non-hydrogen) atoms. The minimum Gasteiger partial charge on any atom is -0.396 e. The topological polar surface area (TPSA) is 46.2 Å². The highest BCUT2D eigenvalue weighted by Crippen LogP contribution is 2.25. The first-order chi connectivity index (χ1) is 9.26. The maximum atomic E-state index is 9.31. The summed E-state index contributed by atoms with van der Waals surface area (Å²) in [7, 11) is 0. The van der Waals surface area contributed by atoms with Crippen molar-refractivity contribution in [3.05, 3.63) is 60.2 Å². The van der Waals surface area contributed by atoms with Crippen molar-refractivity contribution in [2.75, 3.05) is 6.61 Å². The summed E-state index contributed by atoms with van der Waals surface area (Å²) < 4.78 is 0. The van der Waals surface area contributed by atoms with E-state index in [-0.39, 0.29) is 18.6 Å². The molecule has 0 amide bonds. The first-order valence-corrected chi connectivity index (χ1v) is 6.78. The summed E-state index contributed by atoms with van der Waals surface area (Å²) in [4.78, 5) is 0. The molecule has 2 aromatic rings. The molecule has 0 radical (unpaired) electrons. The van der Waals surface area contributed by atoms with Crippen molar-refractivity contribution in [1.29, 1.82) is 0 Å². The molecule has 0 bridgehead atoms. The molecule has 2 nitrogen and oxygen atoms in total. The number of aliphatic hydroxyl groups is 1. The van der Waals surface area contributed by atoms with Gasteiger partial charge in [0.15, 0.2) is 0 Å². The zero-order valence-corrected chi connectivity index (χ0v) is 11.3. The van der Waals surface area contributed by atoms with E-state index in [1.165, 1.54) is 11.1 Å². The largest absolute Gasteiger partial charge is 0.396 e. The van der Waals surface area contributed by atoms with Gasteiger partial charge in [-0.3, -0.25) is 0 Å². The second-order valence-corrected chi connectivity index (χ2v) is 4.86. The molecule has 0 aromatic heterocycles. The Morgan fingerprint density at radius 2 is 1.53 bits per heavy atom. The summed E-state index contributed by atoms with van der Waals surface area (Å²) in [5.74, 6) is 0.127. The summed E-state index contributed by atoms with van der Waals surface area (Å²) in [5, 5.41) is 9.31. The number of hydrogen-bond donors (Lipinski definition) is 2. The highest BCUT2D eigenvalue weighted by Gasteiger charge is 2.16. The van der Waals surface area contributed by atoms with Crippen LogP contribution in [-0.2, 0) is 0 Å². The van der Waals surface area contributed by atoms with Crippen molar-refractivity contribution in [2.45, 2.75) is 19.4 Å². The Labute approximate surface area is 114 Å². The molecule has 2 heteroatoms. The van der Waals surface area contributed by atoms with Gasteiger partial charge in [-0.15, -0.1) is 0 Å². The molecule has 0 saturated carbocycles. The van der Waals surface area contributed by atoms with Gasteiger partial charge < -0.3 is 10.8 Å². The molecule has 2 atom stereocenters. The van der Waals surface area contributed by atoms with Crippen LogP contribution in [0.3, 0.4) is 0 Å². The van der Waals surface area contributed by atoms with Gasteiger partial charge >= 0.3 is 0 Å². The third-order valence-corrected chi connectivity index (χ3v) is 3.67. The van der Waals surface area contributed by atoms with Gasteiger partial charge in [-0.1, -0.05) is 61.5 Å². The van der Waals surface area contributed by atoms with Gasteiger partial charge in [0, 0.05) is 18.6 Å². The van der Waals surface area contributed by atoms with E-state index in [0.717, 1.165) is 12.0 Å². The Balaban J connectivity index is 2.19. The molecule has 0 saturated heterocycles. The first kappa shape index (κ1) is 13.8. The summed E-state index contributed by atoms with van der Waals surface area (Å²) >= 11 is 0. The van der Waals surface area contributed by atoms with Gasteiger partial charge in [0.1, 0.15) is 0 Å². The fourth-order valence-electron chi connectivity index (χ4n) is 2.30. The van der Waals surface area contributed by atoms with Crippen LogP contribution in [0.2, 0.25) is 0 Å². The Hall–Kier alpha value is -1.64. The lowest BCUT2D eigenvalue weighted by atomic mass is 9.91. The molecular weight excluding hydrogens is 234 g/mol. The van der Waals surface area contributed by atoms with Crippen LogP contribution < -0.4 is 5.73 Å². The summed E-state index contributed by atoms with van der Waals surface area (Å²) in [6, 6.07) is 18.5. The molecule has 0 aliphatic heterocycles. The molecule has 0 fully saturated rings. The van der Waals surface area contributed by atoms with Crippen LogP contribution >= 0.6 is 0 Å². The average Bonchev–Trinajstić information content (AvgIpc) is 2.49. The van der Waals surface area contributed by atoms with Crippen molar-refractivity contribution in [2.24, 2.45) is 11.7 Å². The lowest BCUT2D eigenvalue weighted by Gasteiger charge is -2.21. The van der Waals surface area contributed by atoms with Crippen LogP contribution in [0.15, 0.2) is 54.6 Å². The molecular formula is C17H21NO. The Kier molecular flexibility index (Phi) is 4.72. The monoisotopic (exact) mass is 255 g/mol. The Bertz CT molecular complexity index is 488. The van der Waals surface area contributed by atoms with Crippen molar-refractivity contribution >= 4 is 0 Å². The van der Waals surface area contributed by atoms with Crippen LogP contribution in [0.25, 0.3) is 11.1 Å². The van der Waals surface area contributed by atoms with Gasteiger partial charge in [-0.25, -0.2) is 0 Å². The third kappa shape index (κ3) is 3.22. The highest BCUT2D eigenvalue weighted by molar-refractivity contribution is 5.63. The minimum absolute atomic E-state index is 0.0974. The van der Waals surface area contributed by atoms with Gasteiger partial charge in [0.25, 0.3) is 0 Å². The Morgan fingerprint density at radius 1 is 0.947 bits per heavy atom. The van der Waals surface area contributed by atoms with Crippen LogP contribution in [0.5, 0.6) is 0 Å². The van der Waals surface area contributed by atoms with Gasteiger partial charge in [-0.05, 0) is 23.1 Å². The van der Waals surface area contributed by atoms with Gasteiger partial charge in [0.05, 0.1) is 0 Å². The number of hydrogen-bond acceptors (Lipinski definition) is 2. The predicted octanol–water partition coefficient (Wildman–Crippen LogP) is 3.37. The van der Waals surface area contributed by atoms with E-state index in [0.29, 0.717) is 0 Å². The van der Waals surface area contributed by atoms with Gasteiger partial charge in [0.2, 0.25) is 0 Å². The lowest BCUT2D eigenvalue weighted by Crippen LogP contribution is -2.23. The standard InChI is InChI=1S/C17H21NO/c1-2-13(12-19)17(18)16-10-8-15(9-11-16)14-6-4-3-5-7-14/h3-11,13,17,19H,2,12,18H2,1H3. The molecule has 0 aliphatic rings. The molecule has 2 unspecified atom stereocenters. The number of rotatable bonds is 5. The van der Waals surface area contributed by atoms with Crippen molar-refractivity contribution in [3.8, 4) is 11.1 Å². The van der Waals surface area contributed by atoms with E-state index in [4.69, 9.17) is 5.73 Å². The van der Waals surface area contributed by atoms with E-state index in [1.54, 1.807) is 0 Å². The number of nitrogens with two attached hydrogens (primary N) is 1. The van der Waals surface area contributed by atoms with Crippen LogP contribution in [0.1, 0.15) is 24.9 Å². The molecule has 2 aromatic carbocycles. The zero-order valence-electron chi connectivity index (χ0n) is 11.3. The SMILES string of the molecule is CCC(CO)C(N)c1ccc(-c2ccccc2)cc1. The molecule has 0 spiro atoms. The summed E-state index contributed by atoms with van der Waals surface area (Å²) in [6.45, 7) is 2.19. The van der Waals surface area contributed by atoms with Crippen molar-refractivity contribution in [3.63, 3.8) is 0 Å². The smallest absolute Gasteiger partial charge is 0.0477 e. The first-order valence-electron chi connectivity index (χ1n) is 6.78. The summed E-state index contributed by atoms with van der Waals surface area (Å²) in [5.41, 5.74) is 9.67. The average molecular weight is 255 g/mol. The predicted molar refractivity (Wildman–Crippen MR) is 79.7 cm³/mol. The van der Waals surface area contributed by atoms with E-state index in [9.17, 15) is 5.11 Å². The Morgan fingerprint density at radius 3 is 2.05 bits per heavy atom. The highest BCUT2D eigenvalue weighted by atomic mass is 16.3. The van der Waals surface area contributed by atoms with E-state index >= 15 is 0 Å². The normalized spacial score (nSPS) is 14.1. The fraction of sp³-hybridized carbons (Fsp3) is 0.294. The van der Waals surface area contributed by atoms with E-state index in [1.807, 2.05) is 18.2 Å². The minimum atomic E-state index is -0.0974. The van der Waals surface area contributed by atoms with Crippen LogP contribution in [-0.4, -0.2) is 11.7 Å². The fourth-order valence-corrected chi connectivity index (χ4v) is 2.30. The lowest BCUT2D eigenvalue weighted by molar-refractivity contribution is 0.200. The third-order valence-electron chi connectivity index (χ3n) is 3.67. The second kappa shape index (κ2) is 6.50.